The lowest BCUT2D eigenvalue weighted by molar-refractivity contribution is 0.101. The molecule has 0 saturated heterocycles. The summed E-state index contributed by atoms with van der Waals surface area (Å²) in [5.74, 6) is 5.38. The van der Waals surface area contributed by atoms with E-state index in [0.29, 0.717) is 16.8 Å². The van der Waals surface area contributed by atoms with Crippen molar-refractivity contribution in [3.8, 4) is 11.8 Å². The van der Waals surface area contributed by atoms with Gasteiger partial charge >= 0.3 is 0 Å². The second-order valence-electron chi connectivity index (χ2n) is 3.05. The molecule has 16 heavy (non-hydrogen) atoms. The molecule has 0 heterocycles. The van der Waals surface area contributed by atoms with Gasteiger partial charge in [0.15, 0.2) is 5.78 Å². The van der Waals surface area contributed by atoms with Crippen LogP contribution in [0, 0.1) is 11.8 Å². The fourth-order valence-electron chi connectivity index (χ4n) is 1.10. The number of Topliss-reactive ketones (excluding diaryl/α,β-unsaturated/α-hetero) is 1. The molecule has 0 aliphatic carbocycles. The molecule has 80 valence electrons. The van der Waals surface area contributed by atoms with Crippen molar-refractivity contribution in [3.63, 3.8) is 0 Å². The maximum Gasteiger partial charge on any atom is 0.159 e. The molecular formula is C11H10N4O. The number of nitrogens with zero attached hydrogens (tertiary/aromatic N) is 3. The van der Waals surface area contributed by atoms with E-state index in [1.54, 1.807) is 18.2 Å². The third-order valence-corrected chi connectivity index (χ3v) is 1.89. The zero-order valence-electron chi connectivity index (χ0n) is 8.77. The van der Waals surface area contributed by atoms with Crippen LogP contribution in [0.3, 0.4) is 0 Å². The number of rotatable bonds is 2. The van der Waals surface area contributed by atoms with Crippen LogP contribution in [0.5, 0.6) is 0 Å². The summed E-state index contributed by atoms with van der Waals surface area (Å²) in [6, 6.07) is 4.92. The van der Waals surface area contributed by atoms with E-state index in [1.807, 2.05) is 0 Å². The van der Waals surface area contributed by atoms with Crippen LogP contribution >= 0.6 is 0 Å². The van der Waals surface area contributed by atoms with Crippen molar-refractivity contribution >= 4 is 11.5 Å². The van der Waals surface area contributed by atoms with Crippen molar-refractivity contribution in [3.05, 3.63) is 39.8 Å². The van der Waals surface area contributed by atoms with Crippen LogP contribution in [-0.4, -0.2) is 12.3 Å². The van der Waals surface area contributed by atoms with Crippen LogP contribution in [0.25, 0.3) is 10.4 Å². The predicted molar refractivity (Wildman–Crippen MR) is 61.7 cm³/mol. The van der Waals surface area contributed by atoms with E-state index in [0.717, 1.165) is 0 Å². The molecule has 5 heteroatoms. The minimum Gasteiger partial charge on any atom is -0.398 e. The van der Waals surface area contributed by atoms with Gasteiger partial charge in [0.2, 0.25) is 0 Å². The number of carbonyl (C=O) groups is 1. The largest absolute Gasteiger partial charge is 0.398 e. The number of benzene rings is 1. The lowest BCUT2D eigenvalue weighted by atomic mass is 10.1. The first kappa shape index (κ1) is 11.6. The summed E-state index contributed by atoms with van der Waals surface area (Å²) < 4.78 is 0. The number of anilines is 1. The van der Waals surface area contributed by atoms with Crippen molar-refractivity contribution in [1.82, 2.24) is 0 Å². The van der Waals surface area contributed by atoms with Gasteiger partial charge in [0.05, 0.1) is 6.54 Å². The first-order chi connectivity index (χ1) is 7.65. The van der Waals surface area contributed by atoms with E-state index in [1.165, 1.54) is 6.92 Å². The summed E-state index contributed by atoms with van der Waals surface area (Å²) in [5, 5.41) is 3.27. The molecule has 0 spiro atoms. The lowest BCUT2D eigenvalue weighted by Gasteiger charge is -2.00. The van der Waals surface area contributed by atoms with Gasteiger partial charge in [-0.05, 0) is 24.6 Å². The predicted octanol–water partition coefficient (Wildman–Crippen LogP) is 2.13. The topological polar surface area (TPSA) is 91.8 Å². The van der Waals surface area contributed by atoms with Gasteiger partial charge in [-0.1, -0.05) is 23.0 Å². The Bertz CT molecular complexity index is 519. The van der Waals surface area contributed by atoms with Crippen molar-refractivity contribution in [2.45, 2.75) is 6.92 Å². The van der Waals surface area contributed by atoms with Crippen LogP contribution in [0.1, 0.15) is 22.8 Å². The maximum atomic E-state index is 11.1. The van der Waals surface area contributed by atoms with Gasteiger partial charge < -0.3 is 5.73 Å². The molecule has 1 rings (SSSR count). The molecule has 0 radical (unpaired) electrons. The fraction of sp³-hybridized carbons (Fsp3) is 0.182. The molecule has 0 aliphatic rings. The first-order valence-corrected chi connectivity index (χ1v) is 4.55. The Morgan fingerprint density at radius 2 is 2.38 bits per heavy atom. The van der Waals surface area contributed by atoms with Gasteiger partial charge in [-0.25, -0.2) is 0 Å². The minimum absolute atomic E-state index is 0.0414. The third-order valence-electron chi connectivity index (χ3n) is 1.89. The van der Waals surface area contributed by atoms with Crippen LogP contribution < -0.4 is 5.73 Å². The van der Waals surface area contributed by atoms with Gasteiger partial charge in [-0.2, -0.15) is 0 Å². The van der Waals surface area contributed by atoms with Crippen molar-refractivity contribution in [2.75, 3.05) is 12.3 Å². The Hall–Kier alpha value is -2.44. The summed E-state index contributed by atoms with van der Waals surface area (Å²) in [5.41, 5.74) is 15.4. The smallest absolute Gasteiger partial charge is 0.159 e. The van der Waals surface area contributed by atoms with Crippen LogP contribution in [-0.2, 0) is 0 Å². The molecule has 0 amide bonds. The summed E-state index contributed by atoms with van der Waals surface area (Å²) in [6.45, 7) is 1.58. The quantitative estimate of drug-likeness (QED) is 0.204. The third kappa shape index (κ3) is 3.05. The number of hydrogen-bond acceptors (Lipinski definition) is 3. The standard InChI is InChI=1S/C11H10N4O/c1-8(16)10-5-4-9(11(12)7-10)3-2-6-14-15-13/h4-5,7H,6,12H2,1H3. The Labute approximate surface area is 92.9 Å². The van der Waals surface area contributed by atoms with Crippen LogP contribution in [0.2, 0.25) is 0 Å². The molecule has 1 aromatic carbocycles. The zero-order chi connectivity index (χ0) is 12.0. The normalized spacial score (nSPS) is 8.56. The Balaban J connectivity index is 2.93. The van der Waals surface area contributed by atoms with Crippen LogP contribution in [0.4, 0.5) is 5.69 Å². The average molecular weight is 214 g/mol. The molecule has 0 aliphatic heterocycles. The van der Waals surface area contributed by atoms with E-state index in [4.69, 9.17) is 11.3 Å². The SMILES string of the molecule is CC(=O)c1ccc(C#CCN=[N+]=[N-])c(N)c1. The van der Waals surface area contributed by atoms with E-state index in [2.05, 4.69) is 21.9 Å². The molecule has 0 fully saturated rings. The fourth-order valence-corrected chi connectivity index (χ4v) is 1.10. The van der Waals surface area contributed by atoms with Crippen molar-refractivity contribution < 1.29 is 4.79 Å². The van der Waals surface area contributed by atoms with E-state index in [-0.39, 0.29) is 12.3 Å². The van der Waals surface area contributed by atoms with Gasteiger partial charge in [0.1, 0.15) is 0 Å². The van der Waals surface area contributed by atoms with Crippen molar-refractivity contribution in [1.29, 1.82) is 0 Å². The van der Waals surface area contributed by atoms with E-state index < -0.39 is 0 Å². The summed E-state index contributed by atoms with van der Waals surface area (Å²) in [4.78, 5) is 13.6. The Morgan fingerprint density at radius 3 is 2.94 bits per heavy atom. The monoisotopic (exact) mass is 214 g/mol. The molecule has 0 atom stereocenters. The zero-order valence-corrected chi connectivity index (χ0v) is 8.77. The van der Waals surface area contributed by atoms with Gasteiger partial charge in [0, 0.05) is 21.7 Å². The number of hydrogen-bond donors (Lipinski definition) is 1. The number of carbonyl (C=O) groups excluding carboxylic acids is 1. The molecule has 1 aromatic rings. The maximum absolute atomic E-state index is 11.1. The van der Waals surface area contributed by atoms with Gasteiger partial charge in [0.25, 0.3) is 0 Å². The van der Waals surface area contributed by atoms with E-state index >= 15 is 0 Å². The minimum atomic E-state index is -0.0414. The van der Waals surface area contributed by atoms with Crippen LogP contribution in [0.15, 0.2) is 23.3 Å². The van der Waals surface area contributed by atoms with Gasteiger partial charge in [-0.3, -0.25) is 4.79 Å². The average Bonchev–Trinajstić information content (AvgIpc) is 2.26. The van der Waals surface area contributed by atoms with Crippen molar-refractivity contribution in [2.24, 2.45) is 5.11 Å². The van der Waals surface area contributed by atoms with E-state index in [9.17, 15) is 4.79 Å². The number of ketones is 1. The number of nitrogens with two attached hydrogens (primary N) is 1. The molecule has 0 unspecified atom stereocenters. The molecule has 5 nitrogen and oxygen atoms in total. The highest BCUT2D eigenvalue weighted by Crippen LogP contribution is 2.13. The number of azide groups is 1. The second-order valence-corrected chi connectivity index (χ2v) is 3.05. The summed E-state index contributed by atoms with van der Waals surface area (Å²) in [6.07, 6.45) is 0. The molecule has 0 bridgehead atoms. The second kappa shape index (κ2) is 5.44. The Morgan fingerprint density at radius 1 is 1.62 bits per heavy atom. The lowest BCUT2D eigenvalue weighted by Crippen LogP contribution is -1.96. The van der Waals surface area contributed by atoms with Gasteiger partial charge in [-0.15, -0.1) is 0 Å². The highest BCUT2D eigenvalue weighted by molar-refractivity contribution is 5.95. The highest BCUT2D eigenvalue weighted by atomic mass is 16.1. The summed E-state index contributed by atoms with van der Waals surface area (Å²) >= 11 is 0. The molecular weight excluding hydrogens is 204 g/mol. The molecule has 0 saturated carbocycles. The number of nitrogen functional groups attached to an aromatic ring is 1. The highest BCUT2D eigenvalue weighted by Gasteiger charge is 2.01. The molecule has 2 N–H and O–H groups in total. The molecule has 0 aromatic heterocycles. The Kier molecular flexibility index (Phi) is 3.96. The first-order valence-electron chi connectivity index (χ1n) is 4.55. The summed E-state index contributed by atoms with van der Waals surface area (Å²) in [7, 11) is 0.